The van der Waals surface area contributed by atoms with Crippen LogP contribution in [0.15, 0.2) is 0 Å². The molecule has 0 atom stereocenters. The molecule has 0 aromatic carbocycles. The molecular weight excluding hydrogens is 246 g/mol. The van der Waals surface area contributed by atoms with Crippen LogP contribution in [-0.4, -0.2) is 36.2 Å². The van der Waals surface area contributed by atoms with E-state index in [2.05, 4.69) is 11.8 Å². The molecule has 1 N–H and O–H groups in total. The standard InChI is InChI=1S/C18H33NO/c1-2-3-5-19(7-8-20)6-4-18-12-15-9-16(13-18)11-17(10-15)14-18/h15-17,20H,2-14H2,1H3. The van der Waals surface area contributed by atoms with Crippen molar-refractivity contribution < 1.29 is 5.11 Å². The van der Waals surface area contributed by atoms with Crippen molar-refractivity contribution in [3.05, 3.63) is 0 Å². The second-order valence-electron chi connectivity index (χ2n) is 8.09. The van der Waals surface area contributed by atoms with E-state index in [1.165, 1.54) is 51.6 Å². The normalized spacial score (nSPS) is 38.9. The van der Waals surface area contributed by atoms with Gasteiger partial charge >= 0.3 is 0 Å². The van der Waals surface area contributed by atoms with Gasteiger partial charge in [-0.2, -0.15) is 0 Å². The molecule has 4 aliphatic carbocycles. The smallest absolute Gasteiger partial charge is 0.0558 e. The van der Waals surface area contributed by atoms with Gasteiger partial charge in [0.2, 0.25) is 0 Å². The van der Waals surface area contributed by atoms with E-state index < -0.39 is 0 Å². The highest BCUT2D eigenvalue weighted by Crippen LogP contribution is 2.61. The first-order valence-electron chi connectivity index (χ1n) is 9.06. The molecule has 2 nitrogen and oxygen atoms in total. The minimum Gasteiger partial charge on any atom is -0.395 e. The lowest BCUT2D eigenvalue weighted by molar-refractivity contribution is -0.0613. The Kier molecular flexibility index (Phi) is 4.72. The first-order valence-corrected chi connectivity index (χ1v) is 9.06. The van der Waals surface area contributed by atoms with Crippen molar-refractivity contribution in [1.82, 2.24) is 4.90 Å². The van der Waals surface area contributed by atoms with Gasteiger partial charge in [-0.05, 0) is 87.6 Å². The molecule has 4 fully saturated rings. The van der Waals surface area contributed by atoms with Crippen LogP contribution in [0.4, 0.5) is 0 Å². The SMILES string of the molecule is CCCCN(CCO)CCC12CC3CC(CC(C3)C1)C2. The first-order chi connectivity index (χ1) is 9.73. The highest BCUT2D eigenvalue weighted by Gasteiger charge is 2.50. The van der Waals surface area contributed by atoms with E-state index in [9.17, 15) is 5.11 Å². The third-order valence-corrected chi connectivity index (χ3v) is 6.37. The first kappa shape index (κ1) is 14.8. The van der Waals surface area contributed by atoms with E-state index in [4.69, 9.17) is 0 Å². The van der Waals surface area contributed by atoms with Crippen LogP contribution in [0.2, 0.25) is 0 Å². The second kappa shape index (κ2) is 6.36. The predicted molar refractivity (Wildman–Crippen MR) is 83.7 cm³/mol. The summed E-state index contributed by atoms with van der Waals surface area (Å²) < 4.78 is 0. The number of nitrogens with zero attached hydrogens (tertiary/aromatic N) is 1. The Balaban J connectivity index is 1.54. The maximum Gasteiger partial charge on any atom is 0.0558 e. The maximum atomic E-state index is 9.26. The molecule has 0 aromatic rings. The van der Waals surface area contributed by atoms with Crippen LogP contribution in [0.5, 0.6) is 0 Å². The summed E-state index contributed by atoms with van der Waals surface area (Å²) in [6.07, 6.45) is 13.2. The van der Waals surface area contributed by atoms with Crippen molar-refractivity contribution in [3.8, 4) is 0 Å². The highest BCUT2D eigenvalue weighted by molar-refractivity contribution is 5.01. The lowest BCUT2D eigenvalue weighted by Gasteiger charge is -2.57. The lowest BCUT2D eigenvalue weighted by Crippen LogP contribution is -2.47. The van der Waals surface area contributed by atoms with Crippen LogP contribution in [-0.2, 0) is 0 Å². The summed E-state index contributed by atoms with van der Waals surface area (Å²) >= 11 is 0. The Hall–Kier alpha value is -0.0800. The molecule has 0 heterocycles. The highest BCUT2D eigenvalue weighted by atomic mass is 16.3. The van der Waals surface area contributed by atoms with Crippen molar-refractivity contribution in [2.24, 2.45) is 23.2 Å². The molecule has 4 bridgehead atoms. The van der Waals surface area contributed by atoms with Gasteiger partial charge in [0.1, 0.15) is 0 Å². The van der Waals surface area contributed by atoms with E-state index in [0.717, 1.165) is 24.3 Å². The predicted octanol–water partition coefficient (Wildman–Crippen LogP) is 3.69. The molecule has 0 spiro atoms. The molecule has 4 saturated carbocycles. The summed E-state index contributed by atoms with van der Waals surface area (Å²) in [5.41, 5.74) is 0.703. The van der Waals surface area contributed by atoms with Crippen molar-refractivity contribution in [3.63, 3.8) is 0 Å². The van der Waals surface area contributed by atoms with E-state index >= 15 is 0 Å². The van der Waals surface area contributed by atoms with Crippen LogP contribution < -0.4 is 0 Å². The molecule has 20 heavy (non-hydrogen) atoms. The van der Waals surface area contributed by atoms with Crippen molar-refractivity contribution in [1.29, 1.82) is 0 Å². The number of aliphatic hydroxyl groups excluding tert-OH is 1. The number of rotatable bonds is 8. The topological polar surface area (TPSA) is 23.5 Å². The molecule has 4 rings (SSSR count). The van der Waals surface area contributed by atoms with E-state index in [1.54, 1.807) is 19.3 Å². The summed E-state index contributed by atoms with van der Waals surface area (Å²) in [4.78, 5) is 2.52. The summed E-state index contributed by atoms with van der Waals surface area (Å²) in [6, 6.07) is 0. The summed E-state index contributed by atoms with van der Waals surface area (Å²) in [5, 5.41) is 9.26. The zero-order valence-corrected chi connectivity index (χ0v) is 13.3. The van der Waals surface area contributed by atoms with Gasteiger partial charge < -0.3 is 10.0 Å². The Labute approximate surface area is 124 Å². The average molecular weight is 279 g/mol. The van der Waals surface area contributed by atoms with Gasteiger partial charge in [0.15, 0.2) is 0 Å². The molecule has 116 valence electrons. The summed E-state index contributed by atoms with van der Waals surface area (Å²) in [6.45, 7) is 5.88. The Morgan fingerprint density at radius 3 is 2.05 bits per heavy atom. The zero-order valence-electron chi connectivity index (χ0n) is 13.3. The van der Waals surface area contributed by atoms with Gasteiger partial charge in [-0.3, -0.25) is 0 Å². The lowest BCUT2D eigenvalue weighted by atomic mass is 9.49. The van der Waals surface area contributed by atoms with Crippen molar-refractivity contribution in [2.75, 3.05) is 26.2 Å². The van der Waals surface area contributed by atoms with Gasteiger partial charge in [-0.25, -0.2) is 0 Å². The molecule has 0 saturated heterocycles. The van der Waals surface area contributed by atoms with Crippen LogP contribution >= 0.6 is 0 Å². The molecular formula is C18H33NO. The molecule has 0 amide bonds. The quantitative estimate of drug-likeness (QED) is 0.732. The van der Waals surface area contributed by atoms with Gasteiger partial charge in [-0.1, -0.05) is 13.3 Å². The molecule has 0 radical (unpaired) electrons. The van der Waals surface area contributed by atoms with Gasteiger partial charge in [0.05, 0.1) is 6.61 Å². The van der Waals surface area contributed by atoms with Crippen LogP contribution in [0, 0.1) is 23.2 Å². The fraction of sp³-hybridized carbons (Fsp3) is 1.00. The second-order valence-corrected chi connectivity index (χ2v) is 8.09. The van der Waals surface area contributed by atoms with Gasteiger partial charge in [0.25, 0.3) is 0 Å². The van der Waals surface area contributed by atoms with Gasteiger partial charge in [-0.15, -0.1) is 0 Å². The minimum absolute atomic E-state index is 0.324. The molecule has 4 aliphatic rings. The molecule has 0 aliphatic heterocycles. The number of hydrogen-bond acceptors (Lipinski definition) is 2. The van der Waals surface area contributed by atoms with E-state index in [1.807, 2.05) is 0 Å². The number of unbranched alkanes of at least 4 members (excludes halogenated alkanes) is 1. The number of hydrogen-bond donors (Lipinski definition) is 1. The maximum absolute atomic E-state index is 9.26. The van der Waals surface area contributed by atoms with E-state index in [0.29, 0.717) is 12.0 Å². The van der Waals surface area contributed by atoms with Crippen molar-refractivity contribution in [2.45, 2.75) is 64.7 Å². The largest absolute Gasteiger partial charge is 0.395 e. The molecule has 2 heteroatoms. The zero-order chi connectivity index (χ0) is 14.0. The van der Waals surface area contributed by atoms with Crippen LogP contribution in [0.3, 0.4) is 0 Å². The monoisotopic (exact) mass is 279 g/mol. The van der Waals surface area contributed by atoms with Gasteiger partial charge in [0, 0.05) is 6.54 Å². The fourth-order valence-corrected chi connectivity index (χ4v) is 5.85. The Morgan fingerprint density at radius 2 is 1.55 bits per heavy atom. The summed E-state index contributed by atoms with van der Waals surface area (Å²) in [5.74, 6) is 3.22. The fourth-order valence-electron chi connectivity index (χ4n) is 5.85. The average Bonchev–Trinajstić information content (AvgIpc) is 2.40. The molecule has 0 unspecified atom stereocenters. The third kappa shape index (κ3) is 3.22. The van der Waals surface area contributed by atoms with Crippen LogP contribution in [0.25, 0.3) is 0 Å². The summed E-state index contributed by atoms with van der Waals surface area (Å²) in [7, 11) is 0. The molecule has 0 aromatic heterocycles. The van der Waals surface area contributed by atoms with E-state index in [-0.39, 0.29) is 0 Å². The number of aliphatic hydroxyl groups is 1. The Bertz CT molecular complexity index is 279. The third-order valence-electron chi connectivity index (χ3n) is 6.37. The van der Waals surface area contributed by atoms with Crippen molar-refractivity contribution >= 4 is 0 Å². The Morgan fingerprint density at radius 1 is 0.950 bits per heavy atom. The van der Waals surface area contributed by atoms with Crippen LogP contribution in [0.1, 0.15) is 64.7 Å². The minimum atomic E-state index is 0.324.